The van der Waals surface area contributed by atoms with Gasteiger partial charge in [-0.1, -0.05) is 12.1 Å². The van der Waals surface area contributed by atoms with Crippen LogP contribution in [-0.2, 0) is 10.5 Å². The van der Waals surface area contributed by atoms with Crippen LogP contribution in [0.5, 0.6) is 0 Å². The molecule has 0 fully saturated rings. The van der Waals surface area contributed by atoms with Gasteiger partial charge in [-0.15, -0.1) is 11.8 Å². The number of benzene rings is 1. The lowest BCUT2D eigenvalue weighted by molar-refractivity contribution is -0.111. The number of thiophene rings is 1. The lowest BCUT2D eigenvalue weighted by atomic mass is 10.3. The molecule has 1 amide bonds. The van der Waals surface area contributed by atoms with E-state index in [4.69, 9.17) is 4.42 Å². The molecular weight excluding hydrogens is 326 g/mol. The zero-order chi connectivity index (χ0) is 15.9. The summed E-state index contributed by atoms with van der Waals surface area (Å²) in [6, 6.07) is 13.5. The summed E-state index contributed by atoms with van der Waals surface area (Å²) in [4.78, 5) is 13.1. The van der Waals surface area contributed by atoms with Gasteiger partial charge in [-0.2, -0.15) is 11.3 Å². The second kappa shape index (κ2) is 7.85. The van der Waals surface area contributed by atoms with Crippen molar-refractivity contribution in [3.05, 3.63) is 76.9 Å². The summed E-state index contributed by atoms with van der Waals surface area (Å²) >= 11 is 3.41. The van der Waals surface area contributed by atoms with Crippen molar-refractivity contribution < 1.29 is 9.21 Å². The van der Waals surface area contributed by atoms with Crippen molar-refractivity contribution in [1.82, 2.24) is 0 Å². The maximum Gasteiger partial charge on any atom is 0.248 e. The van der Waals surface area contributed by atoms with Crippen molar-refractivity contribution in [3.8, 4) is 0 Å². The maximum absolute atomic E-state index is 12.0. The molecule has 0 saturated carbocycles. The molecule has 23 heavy (non-hydrogen) atoms. The van der Waals surface area contributed by atoms with Crippen molar-refractivity contribution >= 4 is 40.8 Å². The number of hydrogen-bond acceptors (Lipinski definition) is 4. The average Bonchev–Trinajstić information content (AvgIpc) is 3.26. The molecule has 0 aliphatic rings. The van der Waals surface area contributed by atoms with Gasteiger partial charge < -0.3 is 9.73 Å². The molecule has 0 bridgehead atoms. The number of rotatable bonds is 6. The minimum atomic E-state index is -0.176. The largest absolute Gasteiger partial charge is 0.465 e. The topological polar surface area (TPSA) is 42.2 Å². The van der Waals surface area contributed by atoms with Crippen LogP contribution >= 0.6 is 23.1 Å². The molecule has 0 unspecified atom stereocenters. The molecule has 3 nitrogen and oxygen atoms in total. The summed E-state index contributed by atoms with van der Waals surface area (Å²) in [5, 5.41) is 7.13. The van der Waals surface area contributed by atoms with Crippen LogP contribution in [0, 0.1) is 0 Å². The highest BCUT2D eigenvalue weighted by Gasteiger charge is 2.06. The van der Waals surface area contributed by atoms with Crippen molar-refractivity contribution in [2.45, 2.75) is 10.6 Å². The molecule has 1 aromatic carbocycles. The van der Waals surface area contributed by atoms with Crippen molar-refractivity contribution in [2.24, 2.45) is 0 Å². The van der Waals surface area contributed by atoms with Crippen LogP contribution in [0.15, 0.2) is 74.9 Å². The summed E-state index contributed by atoms with van der Waals surface area (Å²) in [7, 11) is 0. The van der Waals surface area contributed by atoms with Gasteiger partial charge in [-0.05, 0) is 52.7 Å². The Morgan fingerprint density at radius 1 is 1.22 bits per heavy atom. The third kappa shape index (κ3) is 4.61. The van der Waals surface area contributed by atoms with E-state index in [2.05, 4.69) is 22.1 Å². The predicted molar refractivity (Wildman–Crippen MR) is 96.7 cm³/mol. The average molecular weight is 341 g/mol. The predicted octanol–water partition coefficient (Wildman–Crippen LogP) is 5.29. The lowest BCUT2D eigenvalue weighted by Crippen LogP contribution is -2.08. The number of anilines is 1. The molecule has 2 heterocycles. The summed E-state index contributed by atoms with van der Waals surface area (Å²) in [5.41, 5.74) is 2.11. The van der Waals surface area contributed by atoms with Gasteiger partial charge in [0.15, 0.2) is 0 Å². The Morgan fingerprint density at radius 2 is 2.13 bits per heavy atom. The Morgan fingerprint density at radius 3 is 2.91 bits per heavy atom. The zero-order valence-electron chi connectivity index (χ0n) is 12.3. The fraction of sp³-hybridized carbons (Fsp3) is 0.0556. The van der Waals surface area contributed by atoms with Gasteiger partial charge in [0.05, 0.1) is 12.0 Å². The molecule has 3 rings (SSSR count). The fourth-order valence-corrected chi connectivity index (χ4v) is 3.68. The Kier molecular flexibility index (Phi) is 5.34. The number of para-hydroxylation sites is 1. The van der Waals surface area contributed by atoms with Gasteiger partial charge >= 0.3 is 0 Å². The molecule has 0 saturated heterocycles. The number of thioether (sulfide) groups is 1. The minimum absolute atomic E-state index is 0.176. The number of hydrogen-bond donors (Lipinski definition) is 1. The van der Waals surface area contributed by atoms with Crippen LogP contribution in [0.25, 0.3) is 6.08 Å². The van der Waals surface area contributed by atoms with E-state index in [-0.39, 0.29) is 5.91 Å². The van der Waals surface area contributed by atoms with E-state index in [1.807, 2.05) is 24.3 Å². The first-order chi connectivity index (χ1) is 11.3. The van der Waals surface area contributed by atoms with E-state index in [0.717, 1.165) is 16.3 Å². The van der Waals surface area contributed by atoms with Crippen LogP contribution in [0.4, 0.5) is 5.69 Å². The van der Waals surface area contributed by atoms with E-state index < -0.39 is 0 Å². The molecule has 5 heteroatoms. The van der Waals surface area contributed by atoms with E-state index in [9.17, 15) is 4.79 Å². The monoisotopic (exact) mass is 341 g/mol. The van der Waals surface area contributed by atoms with E-state index >= 15 is 0 Å². The molecule has 3 aromatic rings. The number of amides is 1. The molecule has 0 aliphatic heterocycles. The van der Waals surface area contributed by atoms with Crippen LogP contribution in [0.3, 0.4) is 0 Å². The molecule has 1 N–H and O–H groups in total. The highest BCUT2D eigenvalue weighted by atomic mass is 32.2. The SMILES string of the molecule is O=C(/C=C/c1ccco1)Nc1ccccc1SCc1ccsc1. The lowest BCUT2D eigenvalue weighted by Gasteiger charge is -2.09. The molecule has 0 atom stereocenters. The highest BCUT2D eigenvalue weighted by molar-refractivity contribution is 7.98. The zero-order valence-corrected chi connectivity index (χ0v) is 13.9. The second-order valence-electron chi connectivity index (χ2n) is 4.75. The standard InChI is InChI=1S/C18H15NO2S2/c20-18(8-7-15-4-3-10-21-15)19-16-5-1-2-6-17(16)23-13-14-9-11-22-12-14/h1-12H,13H2,(H,19,20)/b8-7+. The first kappa shape index (κ1) is 15.6. The summed E-state index contributed by atoms with van der Waals surface area (Å²) in [6.07, 6.45) is 4.70. The molecule has 0 aliphatic carbocycles. The van der Waals surface area contributed by atoms with Crippen molar-refractivity contribution in [1.29, 1.82) is 0 Å². The number of carbonyl (C=O) groups excluding carboxylic acids is 1. The smallest absolute Gasteiger partial charge is 0.248 e. The van der Waals surface area contributed by atoms with Gasteiger partial charge in [-0.25, -0.2) is 0 Å². The minimum Gasteiger partial charge on any atom is -0.465 e. The normalized spacial score (nSPS) is 11.0. The highest BCUT2D eigenvalue weighted by Crippen LogP contribution is 2.30. The van der Waals surface area contributed by atoms with E-state index in [1.165, 1.54) is 11.6 Å². The van der Waals surface area contributed by atoms with Crippen LogP contribution in [0.1, 0.15) is 11.3 Å². The Bertz CT molecular complexity index is 777. The Hall–Kier alpha value is -2.24. The Balaban J connectivity index is 1.64. The van der Waals surface area contributed by atoms with Gasteiger partial charge in [0.2, 0.25) is 5.91 Å². The summed E-state index contributed by atoms with van der Waals surface area (Å²) in [6.45, 7) is 0. The first-order valence-electron chi connectivity index (χ1n) is 7.07. The van der Waals surface area contributed by atoms with Crippen LogP contribution < -0.4 is 5.32 Å². The summed E-state index contributed by atoms with van der Waals surface area (Å²) < 4.78 is 5.17. The van der Waals surface area contributed by atoms with E-state index in [1.54, 1.807) is 47.6 Å². The third-order valence-corrected chi connectivity index (χ3v) is 4.94. The first-order valence-corrected chi connectivity index (χ1v) is 8.99. The quantitative estimate of drug-likeness (QED) is 0.489. The Labute approximate surface area is 143 Å². The van der Waals surface area contributed by atoms with Gasteiger partial charge in [-0.3, -0.25) is 4.79 Å². The van der Waals surface area contributed by atoms with Crippen LogP contribution in [0.2, 0.25) is 0 Å². The van der Waals surface area contributed by atoms with Crippen LogP contribution in [-0.4, -0.2) is 5.91 Å². The second-order valence-corrected chi connectivity index (χ2v) is 6.55. The molecule has 2 aromatic heterocycles. The molecule has 0 radical (unpaired) electrons. The van der Waals surface area contributed by atoms with Gasteiger partial charge in [0.1, 0.15) is 5.76 Å². The fourth-order valence-electron chi connectivity index (χ4n) is 1.95. The molecule has 0 spiro atoms. The van der Waals surface area contributed by atoms with E-state index in [0.29, 0.717) is 5.76 Å². The van der Waals surface area contributed by atoms with Crippen molar-refractivity contribution in [2.75, 3.05) is 5.32 Å². The third-order valence-electron chi connectivity index (χ3n) is 3.06. The molecule has 116 valence electrons. The maximum atomic E-state index is 12.0. The number of nitrogens with one attached hydrogen (secondary N) is 1. The number of carbonyl (C=O) groups is 1. The number of furan rings is 1. The van der Waals surface area contributed by atoms with Gasteiger partial charge in [0.25, 0.3) is 0 Å². The molecular formula is C18H15NO2S2. The van der Waals surface area contributed by atoms with Gasteiger partial charge in [0, 0.05) is 16.7 Å². The summed E-state index contributed by atoms with van der Waals surface area (Å²) in [5.74, 6) is 1.36. The van der Waals surface area contributed by atoms with Crippen molar-refractivity contribution in [3.63, 3.8) is 0 Å².